The van der Waals surface area contributed by atoms with E-state index in [0.717, 1.165) is 56.2 Å². The molecule has 152 valence electrons. The second kappa shape index (κ2) is 10.1. The monoisotopic (exact) mass is 383 g/mol. The zero-order valence-corrected chi connectivity index (χ0v) is 16.9. The number of rotatable bonds is 8. The molecule has 4 rings (SSSR count). The number of hydrogen-bond donors (Lipinski definition) is 0. The van der Waals surface area contributed by atoms with Gasteiger partial charge >= 0.3 is 0 Å². The molecule has 2 aliphatic heterocycles. The van der Waals surface area contributed by atoms with Crippen molar-refractivity contribution in [2.24, 2.45) is 0 Å². The van der Waals surface area contributed by atoms with Gasteiger partial charge in [-0.3, -0.25) is 0 Å². The molecule has 1 aromatic heterocycles. The van der Waals surface area contributed by atoms with Gasteiger partial charge in [-0.25, -0.2) is 4.98 Å². The smallest absolute Gasteiger partial charge is 0.143 e. The third-order valence-corrected chi connectivity index (χ3v) is 5.96. The molecule has 2 saturated heterocycles. The van der Waals surface area contributed by atoms with Gasteiger partial charge in [0.2, 0.25) is 0 Å². The van der Waals surface area contributed by atoms with Gasteiger partial charge in [0, 0.05) is 31.6 Å². The minimum absolute atomic E-state index is 0.462. The molecular formula is C23H33N3O2. The van der Waals surface area contributed by atoms with E-state index in [4.69, 9.17) is 9.47 Å². The van der Waals surface area contributed by atoms with Crippen molar-refractivity contribution < 1.29 is 9.47 Å². The maximum absolute atomic E-state index is 6.20. The molecule has 0 radical (unpaired) electrons. The van der Waals surface area contributed by atoms with Gasteiger partial charge in [-0.1, -0.05) is 18.6 Å². The number of likely N-dealkylation sites (tertiary alicyclic amines) is 1. The Kier molecular flexibility index (Phi) is 7.01. The van der Waals surface area contributed by atoms with Crippen molar-refractivity contribution in [3.05, 3.63) is 36.7 Å². The summed E-state index contributed by atoms with van der Waals surface area (Å²) >= 11 is 0. The zero-order valence-electron chi connectivity index (χ0n) is 16.9. The van der Waals surface area contributed by atoms with Gasteiger partial charge in [0.1, 0.15) is 11.6 Å². The second-order valence-electron chi connectivity index (χ2n) is 7.96. The van der Waals surface area contributed by atoms with Crippen LogP contribution in [0.1, 0.15) is 51.0 Å². The summed E-state index contributed by atoms with van der Waals surface area (Å²) in [5.74, 6) is 1.95. The van der Waals surface area contributed by atoms with Gasteiger partial charge in [0.15, 0.2) is 0 Å². The first-order valence-corrected chi connectivity index (χ1v) is 11.0. The van der Waals surface area contributed by atoms with Gasteiger partial charge in [-0.2, -0.15) is 0 Å². The molecular weight excluding hydrogens is 350 g/mol. The molecule has 0 aliphatic carbocycles. The SMILES string of the molecule is c1ccc(-c2nccn2C2CCOCC2)c(OCCCCN2CCCCC2)c1. The van der Waals surface area contributed by atoms with E-state index in [2.05, 4.69) is 38.8 Å². The van der Waals surface area contributed by atoms with Crippen LogP contribution in [0, 0.1) is 0 Å². The largest absolute Gasteiger partial charge is 0.493 e. The van der Waals surface area contributed by atoms with E-state index in [-0.39, 0.29) is 0 Å². The summed E-state index contributed by atoms with van der Waals surface area (Å²) in [6.45, 7) is 6.19. The van der Waals surface area contributed by atoms with Crippen LogP contribution in [-0.4, -0.2) is 53.9 Å². The number of nitrogens with zero attached hydrogens (tertiary/aromatic N) is 3. The lowest BCUT2D eigenvalue weighted by Gasteiger charge is -2.26. The van der Waals surface area contributed by atoms with E-state index in [9.17, 15) is 0 Å². The Hall–Kier alpha value is -1.85. The minimum Gasteiger partial charge on any atom is -0.493 e. The number of benzene rings is 1. The van der Waals surface area contributed by atoms with Crippen molar-refractivity contribution in [1.29, 1.82) is 0 Å². The Morgan fingerprint density at radius 3 is 2.71 bits per heavy atom. The highest BCUT2D eigenvalue weighted by atomic mass is 16.5. The molecule has 0 amide bonds. The van der Waals surface area contributed by atoms with E-state index in [1.54, 1.807) is 0 Å². The molecule has 3 heterocycles. The third-order valence-electron chi connectivity index (χ3n) is 5.96. The maximum Gasteiger partial charge on any atom is 0.143 e. The lowest BCUT2D eigenvalue weighted by molar-refractivity contribution is 0.0700. The molecule has 0 atom stereocenters. The standard InChI is InChI=1S/C23H33N3O2/c1-4-13-25(14-5-1)15-6-7-17-28-22-9-3-2-8-21(22)23-24-12-16-26(23)20-10-18-27-19-11-20/h2-3,8-9,12,16,20H,1,4-7,10-11,13-15,17-19H2. The number of ether oxygens (including phenoxy) is 2. The summed E-state index contributed by atoms with van der Waals surface area (Å²) in [5, 5.41) is 0. The summed E-state index contributed by atoms with van der Waals surface area (Å²) in [6.07, 6.45) is 12.5. The highest BCUT2D eigenvalue weighted by Gasteiger charge is 2.20. The lowest BCUT2D eigenvalue weighted by atomic mass is 10.1. The van der Waals surface area contributed by atoms with Crippen molar-refractivity contribution in [3.63, 3.8) is 0 Å². The topological polar surface area (TPSA) is 39.5 Å². The van der Waals surface area contributed by atoms with Crippen LogP contribution in [0.4, 0.5) is 0 Å². The number of piperidine rings is 1. The Morgan fingerprint density at radius 1 is 1.04 bits per heavy atom. The number of aromatic nitrogens is 2. The van der Waals surface area contributed by atoms with Crippen molar-refractivity contribution in [2.75, 3.05) is 39.5 Å². The number of unbranched alkanes of at least 4 members (excludes halogenated alkanes) is 1. The number of hydrogen-bond acceptors (Lipinski definition) is 4. The van der Waals surface area contributed by atoms with Crippen LogP contribution in [-0.2, 0) is 4.74 Å². The Morgan fingerprint density at radius 2 is 1.86 bits per heavy atom. The quantitative estimate of drug-likeness (QED) is 0.627. The molecule has 28 heavy (non-hydrogen) atoms. The average Bonchev–Trinajstić information content (AvgIpc) is 3.25. The maximum atomic E-state index is 6.20. The molecule has 2 aliphatic rings. The molecule has 0 bridgehead atoms. The van der Waals surface area contributed by atoms with E-state index in [1.807, 2.05) is 12.3 Å². The fourth-order valence-electron chi connectivity index (χ4n) is 4.36. The van der Waals surface area contributed by atoms with Crippen molar-refractivity contribution in [1.82, 2.24) is 14.5 Å². The van der Waals surface area contributed by atoms with Gasteiger partial charge < -0.3 is 18.9 Å². The molecule has 1 aromatic carbocycles. The second-order valence-corrected chi connectivity index (χ2v) is 7.96. The third kappa shape index (κ3) is 4.95. The van der Waals surface area contributed by atoms with Gasteiger partial charge in [0.25, 0.3) is 0 Å². The van der Waals surface area contributed by atoms with Crippen molar-refractivity contribution in [2.45, 2.75) is 51.0 Å². The molecule has 0 unspecified atom stereocenters. The molecule has 2 fully saturated rings. The van der Waals surface area contributed by atoms with E-state index >= 15 is 0 Å². The van der Waals surface area contributed by atoms with Crippen LogP contribution < -0.4 is 4.74 Å². The Bertz CT molecular complexity index is 718. The van der Waals surface area contributed by atoms with Gasteiger partial charge in [-0.05, 0) is 70.3 Å². The van der Waals surface area contributed by atoms with Crippen LogP contribution in [0.2, 0.25) is 0 Å². The highest BCUT2D eigenvalue weighted by molar-refractivity contribution is 5.64. The predicted octanol–water partition coefficient (Wildman–Crippen LogP) is 4.55. The summed E-state index contributed by atoms with van der Waals surface area (Å²) < 4.78 is 14.0. The van der Waals surface area contributed by atoms with Crippen LogP contribution in [0.3, 0.4) is 0 Å². The van der Waals surface area contributed by atoms with Crippen LogP contribution in [0.15, 0.2) is 36.7 Å². The molecule has 0 N–H and O–H groups in total. The van der Waals surface area contributed by atoms with Gasteiger partial charge in [0.05, 0.1) is 12.2 Å². The summed E-state index contributed by atoms with van der Waals surface area (Å²) in [4.78, 5) is 7.26. The molecule has 2 aromatic rings. The Balaban J connectivity index is 1.34. The molecule has 0 saturated carbocycles. The molecule has 0 spiro atoms. The number of imidazole rings is 1. The van der Waals surface area contributed by atoms with E-state index in [1.165, 1.54) is 45.3 Å². The van der Waals surface area contributed by atoms with Crippen LogP contribution in [0.5, 0.6) is 5.75 Å². The molecule has 5 nitrogen and oxygen atoms in total. The lowest BCUT2D eigenvalue weighted by Crippen LogP contribution is -2.30. The first-order valence-electron chi connectivity index (χ1n) is 11.0. The zero-order chi connectivity index (χ0) is 19.0. The first-order chi connectivity index (χ1) is 13.9. The fraction of sp³-hybridized carbons (Fsp3) is 0.609. The normalized spacial score (nSPS) is 19.0. The summed E-state index contributed by atoms with van der Waals surface area (Å²) in [5.41, 5.74) is 1.09. The van der Waals surface area contributed by atoms with Crippen LogP contribution in [0.25, 0.3) is 11.4 Å². The highest BCUT2D eigenvalue weighted by Crippen LogP contribution is 2.32. The van der Waals surface area contributed by atoms with Crippen molar-refractivity contribution >= 4 is 0 Å². The number of para-hydroxylation sites is 1. The minimum atomic E-state index is 0.462. The molecule has 5 heteroatoms. The Labute approximate surface area is 168 Å². The van der Waals surface area contributed by atoms with E-state index in [0.29, 0.717) is 6.04 Å². The average molecular weight is 384 g/mol. The fourth-order valence-corrected chi connectivity index (χ4v) is 4.36. The summed E-state index contributed by atoms with van der Waals surface area (Å²) in [6, 6.07) is 8.78. The van der Waals surface area contributed by atoms with Crippen molar-refractivity contribution in [3.8, 4) is 17.1 Å². The van der Waals surface area contributed by atoms with Gasteiger partial charge in [-0.15, -0.1) is 0 Å². The first kappa shape index (κ1) is 19.5. The van der Waals surface area contributed by atoms with Crippen LogP contribution >= 0.6 is 0 Å². The summed E-state index contributed by atoms with van der Waals surface area (Å²) in [7, 11) is 0. The van der Waals surface area contributed by atoms with E-state index < -0.39 is 0 Å². The predicted molar refractivity (Wildman–Crippen MR) is 112 cm³/mol.